The molecule has 0 heterocycles. The molecule has 1 amide bonds. The van der Waals surface area contributed by atoms with E-state index in [-0.39, 0.29) is 16.8 Å². The quantitative estimate of drug-likeness (QED) is 0.564. The van der Waals surface area contributed by atoms with E-state index in [1.807, 2.05) is 32.0 Å². The van der Waals surface area contributed by atoms with Crippen LogP contribution in [-0.4, -0.2) is 17.1 Å². The zero-order chi connectivity index (χ0) is 19.3. The molecule has 0 aromatic heterocycles. The largest absolute Gasteiger partial charge is 0.481 e. The first-order chi connectivity index (χ1) is 12.3. The summed E-state index contributed by atoms with van der Waals surface area (Å²) in [6.45, 7) is 7.23. The fourth-order valence-electron chi connectivity index (χ4n) is 2.15. The summed E-state index contributed by atoms with van der Waals surface area (Å²) in [4.78, 5) is 12.2. The van der Waals surface area contributed by atoms with Crippen LogP contribution in [-0.2, 0) is 4.79 Å². The van der Waals surface area contributed by atoms with Gasteiger partial charge in [-0.2, -0.15) is 0 Å². The Balaban J connectivity index is 1.85. The van der Waals surface area contributed by atoms with Gasteiger partial charge in [-0.3, -0.25) is 15.6 Å². The fourth-order valence-corrected chi connectivity index (χ4v) is 2.32. The van der Waals surface area contributed by atoms with E-state index < -0.39 is 6.10 Å². The molecule has 2 rings (SSSR count). The summed E-state index contributed by atoms with van der Waals surface area (Å²) in [6.07, 6.45) is -0.720. The highest BCUT2D eigenvalue weighted by molar-refractivity contribution is 7.80. The fraction of sp³-hybridized carbons (Fsp3) is 0.263. The number of benzene rings is 2. The number of carbonyl (C=O) groups is 1. The maximum Gasteiger partial charge on any atom is 0.279 e. The van der Waals surface area contributed by atoms with E-state index >= 15 is 0 Å². The lowest BCUT2D eigenvalue weighted by Crippen LogP contribution is -2.48. The molecule has 7 heteroatoms. The molecule has 0 saturated carbocycles. The van der Waals surface area contributed by atoms with Crippen LogP contribution in [0.4, 0.5) is 10.1 Å². The van der Waals surface area contributed by atoms with Crippen molar-refractivity contribution in [2.75, 3.05) is 5.32 Å². The lowest BCUT2D eigenvalue weighted by Gasteiger charge is -2.18. The van der Waals surface area contributed by atoms with Crippen LogP contribution in [0.2, 0.25) is 0 Å². The van der Waals surface area contributed by atoms with Crippen LogP contribution in [0, 0.1) is 26.6 Å². The van der Waals surface area contributed by atoms with Crippen molar-refractivity contribution in [2.24, 2.45) is 0 Å². The van der Waals surface area contributed by atoms with E-state index in [9.17, 15) is 9.18 Å². The SMILES string of the molecule is Cc1ccc(NC(=S)NNC(=O)[C@H](C)Oc2cccc(C)c2C)cc1F. The van der Waals surface area contributed by atoms with Crippen LogP contribution in [0.5, 0.6) is 5.75 Å². The van der Waals surface area contributed by atoms with E-state index in [0.29, 0.717) is 17.0 Å². The molecular formula is C19H22FN3O2S. The van der Waals surface area contributed by atoms with Gasteiger partial charge in [-0.15, -0.1) is 0 Å². The Bertz CT molecular complexity index is 826. The summed E-state index contributed by atoms with van der Waals surface area (Å²) in [6, 6.07) is 10.3. The molecule has 0 aliphatic carbocycles. The lowest BCUT2D eigenvalue weighted by molar-refractivity contribution is -0.127. The molecule has 138 valence electrons. The van der Waals surface area contributed by atoms with Gasteiger partial charge in [0.2, 0.25) is 0 Å². The molecule has 0 unspecified atom stereocenters. The average molecular weight is 375 g/mol. The van der Waals surface area contributed by atoms with Gasteiger partial charge in [0.15, 0.2) is 11.2 Å². The van der Waals surface area contributed by atoms with Crippen molar-refractivity contribution < 1.29 is 13.9 Å². The summed E-state index contributed by atoms with van der Waals surface area (Å²) in [5.74, 6) is -0.0639. The molecule has 0 aliphatic rings. The molecule has 26 heavy (non-hydrogen) atoms. The third-order valence-corrected chi connectivity index (χ3v) is 4.16. The van der Waals surface area contributed by atoms with Crippen molar-refractivity contribution >= 4 is 28.9 Å². The Labute approximate surface area is 157 Å². The van der Waals surface area contributed by atoms with Crippen LogP contribution in [0.1, 0.15) is 23.6 Å². The minimum absolute atomic E-state index is 0.139. The van der Waals surface area contributed by atoms with Crippen LogP contribution in [0.25, 0.3) is 0 Å². The van der Waals surface area contributed by atoms with E-state index in [0.717, 1.165) is 11.1 Å². The maximum absolute atomic E-state index is 13.5. The van der Waals surface area contributed by atoms with Crippen molar-refractivity contribution in [1.29, 1.82) is 0 Å². The number of aryl methyl sites for hydroxylation is 2. The minimum Gasteiger partial charge on any atom is -0.481 e. The van der Waals surface area contributed by atoms with E-state index in [1.165, 1.54) is 6.07 Å². The molecule has 0 fully saturated rings. The lowest BCUT2D eigenvalue weighted by atomic mass is 10.1. The second kappa shape index (κ2) is 8.62. The molecule has 0 spiro atoms. The summed E-state index contributed by atoms with van der Waals surface area (Å²) in [5, 5.41) is 2.93. The number of carbonyl (C=O) groups excluding carboxylic acids is 1. The highest BCUT2D eigenvalue weighted by Gasteiger charge is 2.16. The number of amides is 1. The highest BCUT2D eigenvalue weighted by Crippen LogP contribution is 2.21. The third-order valence-electron chi connectivity index (χ3n) is 3.96. The van der Waals surface area contributed by atoms with Gasteiger partial charge in [0.25, 0.3) is 5.91 Å². The summed E-state index contributed by atoms with van der Waals surface area (Å²) < 4.78 is 19.2. The predicted octanol–water partition coefficient (Wildman–Crippen LogP) is 3.54. The number of anilines is 1. The summed E-state index contributed by atoms with van der Waals surface area (Å²) in [7, 11) is 0. The topological polar surface area (TPSA) is 62.4 Å². The second-order valence-corrected chi connectivity index (χ2v) is 6.40. The van der Waals surface area contributed by atoms with Crippen LogP contribution >= 0.6 is 12.2 Å². The molecular weight excluding hydrogens is 353 g/mol. The molecule has 1 atom stereocenters. The smallest absolute Gasteiger partial charge is 0.279 e. The normalized spacial score (nSPS) is 11.4. The van der Waals surface area contributed by atoms with Gasteiger partial charge in [0.05, 0.1) is 0 Å². The number of thiocarbonyl (C=S) groups is 1. The Hall–Kier alpha value is -2.67. The van der Waals surface area contributed by atoms with Crippen LogP contribution in [0.15, 0.2) is 36.4 Å². The molecule has 2 aromatic carbocycles. The number of hydrazine groups is 1. The van der Waals surface area contributed by atoms with Crippen LogP contribution in [0.3, 0.4) is 0 Å². The second-order valence-electron chi connectivity index (χ2n) is 5.99. The van der Waals surface area contributed by atoms with E-state index in [4.69, 9.17) is 17.0 Å². The molecule has 2 aromatic rings. The molecule has 0 radical (unpaired) electrons. The first kappa shape index (κ1) is 19.7. The number of hydrogen-bond acceptors (Lipinski definition) is 3. The van der Waals surface area contributed by atoms with Gasteiger partial charge in [0, 0.05) is 5.69 Å². The summed E-state index contributed by atoms with van der Waals surface area (Å²) >= 11 is 5.08. The Kier molecular flexibility index (Phi) is 6.52. The molecule has 3 N–H and O–H groups in total. The monoisotopic (exact) mass is 375 g/mol. The van der Waals surface area contributed by atoms with Gasteiger partial charge in [-0.05, 0) is 74.8 Å². The molecule has 0 bridgehead atoms. The Morgan fingerprint density at radius 3 is 2.54 bits per heavy atom. The molecule has 5 nitrogen and oxygen atoms in total. The minimum atomic E-state index is -0.720. The maximum atomic E-state index is 13.5. The van der Waals surface area contributed by atoms with Crippen molar-refractivity contribution in [3.63, 3.8) is 0 Å². The zero-order valence-electron chi connectivity index (χ0n) is 15.1. The number of halogens is 1. The number of hydrogen-bond donors (Lipinski definition) is 3. The average Bonchev–Trinajstić information content (AvgIpc) is 2.60. The Morgan fingerprint density at radius 1 is 1.12 bits per heavy atom. The van der Waals surface area contributed by atoms with Crippen molar-refractivity contribution in [3.8, 4) is 5.75 Å². The van der Waals surface area contributed by atoms with Crippen molar-refractivity contribution in [2.45, 2.75) is 33.8 Å². The van der Waals surface area contributed by atoms with Crippen LogP contribution < -0.4 is 20.9 Å². The van der Waals surface area contributed by atoms with Gasteiger partial charge in [-0.1, -0.05) is 18.2 Å². The van der Waals surface area contributed by atoms with Gasteiger partial charge < -0.3 is 10.1 Å². The van der Waals surface area contributed by atoms with E-state index in [1.54, 1.807) is 26.0 Å². The first-order valence-electron chi connectivity index (χ1n) is 8.14. The predicted molar refractivity (Wildman–Crippen MR) is 105 cm³/mol. The van der Waals surface area contributed by atoms with Gasteiger partial charge in [0.1, 0.15) is 11.6 Å². The molecule has 0 aliphatic heterocycles. The number of rotatable bonds is 4. The number of nitrogens with one attached hydrogen (secondary N) is 3. The number of ether oxygens (including phenoxy) is 1. The van der Waals surface area contributed by atoms with Crippen molar-refractivity contribution in [3.05, 3.63) is 58.9 Å². The van der Waals surface area contributed by atoms with Gasteiger partial charge >= 0.3 is 0 Å². The first-order valence-corrected chi connectivity index (χ1v) is 8.54. The van der Waals surface area contributed by atoms with Gasteiger partial charge in [-0.25, -0.2) is 4.39 Å². The van der Waals surface area contributed by atoms with E-state index in [2.05, 4.69) is 16.2 Å². The zero-order valence-corrected chi connectivity index (χ0v) is 16.0. The summed E-state index contributed by atoms with van der Waals surface area (Å²) in [5.41, 5.74) is 8.15. The third kappa shape index (κ3) is 5.16. The highest BCUT2D eigenvalue weighted by atomic mass is 32.1. The van der Waals surface area contributed by atoms with Crippen molar-refractivity contribution in [1.82, 2.24) is 10.9 Å². The Morgan fingerprint density at radius 2 is 1.85 bits per heavy atom. The molecule has 0 saturated heterocycles. The standard InChI is InChI=1S/C19H22FN3O2S/c1-11-6-5-7-17(13(11)3)25-14(4)18(24)22-23-19(26)21-15-9-8-12(2)16(20)10-15/h5-10,14H,1-4H3,(H,22,24)(H2,21,23,26)/t14-/m0/s1.